The summed E-state index contributed by atoms with van der Waals surface area (Å²) in [4.78, 5) is 16.3. The molecule has 4 heteroatoms. The maximum Gasteiger partial charge on any atom is 0.236 e. The van der Waals surface area contributed by atoms with Crippen LogP contribution in [0.1, 0.15) is 30.5 Å². The Bertz CT molecular complexity index is 345. The summed E-state index contributed by atoms with van der Waals surface area (Å²) in [6, 6.07) is 4.30. The highest BCUT2D eigenvalue weighted by Gasteiger charge is 2.08. The molecular weight excluding hydrogens is 232 g/mol. The van der Waals surface area contributed by atoms with E-state index in [-0.39, 0.29) is 5.91 Å². The average Bonchev–Trinajstić information content (AvgIpc) is 2.78. The smallest absolute Gasteiger partial charge is 0.236 e. The predicted molar refractivity (Wildman–Crippen MR) is 73.3 cm³/mol. The van der Waals surface area contributed by atoms with Gasteiger partial charge in [0.1, 0.15) is 0 Å². The fraction of sp³-hybridized carbons (Fsp3) is 0.615. The molecular formula is C13H22N2OS. The maximum atomic E-state index is 11.7. The van der Waals surface area contributed by atoms with Crippen molar-refractivity contribution in [1.82, 2.24) is 10.2 Å². The summed E-state index contributed by atoms with van der Waals surface area (Å²) in [5, 5.41) is 3.21. The van der Waals surface area contributed by atoms with Gasteiger partial charge in [-0.1, -0.05) is 6.92 Å². The molecule has 0 aromatic carbocycles. The van der Waals surface area contributed by atoms with E-state index < -0.39 is 0 Å². The number of nitrogens with zero attached hydrogens (tertiary/aromatic N) is 1. The molecule has 17 heavy (non-hydrogen) atoms. The Morgan fingerprint density at radius 2 is 1.88 bits per heavy atom. The van der Waals surface area contributed by atoms with Gasteiger partial charge < -0.3 is 10.2 Å². The van der Waals surface area contributed by atoms with Crippen molar-refractivity contribution in [3.8, 4) is 0 Å². The summed E-state index contributed by atoms with van der Waals surface area (Å²) < 4.78 is 0. The molecule has 0 aliphatic carbocycles. The molecule has 0 aliphatic heterocycles. The predicted octanol–water partition coefficient (Wildman–Crippen LogP) is 2.27. The molecule has 0 unspecified atom stereocenters. The Balaban J connectivity index is 2.29. The van der Waals surface area contributed by atoms with Crippen LogP contribution >= 0.6 is 11.3 Å². The lowest BCUT2D eigenvalue weighted by molar-refractivity contribution is -0.129. The highest BCUT2D eigenvalue weighted by molar-refractivity contribution is 7.11. The van der Waals surface area contributed by atoms with Gasteiger partial charge in [-0.05, 0) is 32.4 Å². The Kier molecular flexibility index (Phi) is 6.22. The van der Waals surface area contributed by atoms with Gasteiger partial charge in [-0.2, -0.15) is 0 Å². The van der Waals surface area contributed by atoms with Crippen LogP contribution in [0.15, 0.2) is 12.1 Å². The molecule has 0 bridgehead atoms. The first-order valence-corrected chi connectivity index (χ1v) is 7.08. The molecule has 0 fully saturated rings. The highest BCUT2D eigenvalue weighted by Crippen LogP contribution is 2.16. The van der Waals surface area contributed by atoms with Crippen molar-refractivity contribution in [1.29, 1.82) is 0 Å². The van der Waals surface area contributed by atoms with Gasteiger partial charge in [0.2, 0.25) is 5.91 Å². The summed E-state index contributed by atoms with van der Waals surface area (Å²) in [6.07, 6.45) is 1.09. The van der Waals surface area contributed by atoms with Gasteiger partial charge in [0.05, 0.1) is 6.54 Å². The topological polar surface area (TPSA) is 32.3 Å². The maximum absolute atomic E-state index is 11.7. The number of carbonyl (C=O) groups is 1. The number of carbonyl (C=O) groups excluding carboxylic acids is 1. The van der Waals surface area contributed by atoms with Crippen LogP contribution in [0, 0.1) is 0 Å². The lowest BCUT2D eigenvalue weighted by Gasteiger charge is -2.18. The molecule has 0 radical (unpaired) electrons. The quantitative estimate of drug-likeness (QED) is 0.809. The highest BCUT2D eigenvalue weighted by atomic mass is 32.1. The van der Waals surface area contributed by atoms with Crippen LogP contribution in [0.3, 0.4) is 0 Å². The first-order valence-electron chi connectivity index (χ1n) is 6.27. The summed E-state index contributed by atoms with van der Waals surface area (Å²) >= 11 is 1.82. The minimum Gasteiger partial charge on any atom is -0.342 e. The number of likely N-dealkylation sites (N-methyl/N-ethyl adjacent to an activating group) is 1. The van der Waals surface area contributed by atoms with Crippen molar-refractivity contribution in [3.63, 3.8) is 0 Å². The van der Waals surface area contributed by atoms with Crippen LogP contribution in [0.2, 0.25) is 0 Å². The van der Waals surface area contributed by atoms with Crippen molar-refractivity contribution < 1.29 is 4.79 Å². The van der Waals surface area contributed by atoms with Crippen LogP contribution in [-0.2, 0) is 17.8 Å². The van der Waals surface area contributed by atoms with Gasteiger partial charge in [0.25, 0.3) is 0 Å². The minimum absolute atomic E-state index is 0.183. The fourth-order valence-electron chi connectivity index (χ4n) is 1.69. The molecule has 1 rings (SSSR count). The third kappa shape index (κ3) is 4.48. The average molecular weight is 254 g/mol. The number of thiophene rings is 1. The van der Waals surface area contributed by atoms with Crippen molar-refractivity contribution in [2.24, 2.45) is 0 Å². The Morgan fingerprint density at radius 3 is 2.41 bits per heavy atom. The lowest BCUT2D eigenvalue weighted by Crippen LogP contribution is -2.37. The molecule has 0 spiro atoms. The first kappa shape index (κ1) is 14.2. The van der Waals surface area contributed by atoms with E-state index in [4.69, 9.17) is 0 Å². The zero-order valence-electron chi connectivity index (χ0n) is 11.0. The Morgan fingerprint density at radius 1 is 1.24 bits per heavy atom. The molecule has 3 nitrogen and oxygen atoms in total. The fourth-order valence-corrected chi connectivity index (χ4v) is 2.62. The standard InChI is InChI=1S/C13H22N2OS/c1-4-11-7-8-12(17-11)9-14-10-13(16)15(5-2)6-3/h7-8,14H,4-6,9-10H2,1-3H3. The number of amides is 1. The van der Waals surface area contributed by atoms with Gasteiger partial charge in [-0.15, -0.1) is 11.3 Å². The molecule has 96 valence electrons. The van der Waals surface area contributed by atoms with Gasteiger partial charge in [0, 0.05) is 29.4 Å². The Hall–Kier alpha value is -0.870. The third-order valence-electron chi connectivity index (χ3n) is 2.76. The van der Waals surface area contributed by atoms with E-state index in [1.165, 1.54) is 9.75 Å². The number of nitrogens with one attached hydrogen (secondary N) is 1. The zero-order valence-corrected chi connectivity index (χ0v) is 11.8. The van der Waals surface area contributed by atoms with Crippen molar-refractivity contribution in [2.45, 2.75) is 33.7 Å². The van der Waals surface area contributed by atoms with E-state index in [0.29, 0.717) is 6.54 Å². The van der Waals surface area contributed by atoms with Crippen LogP contribution < -0.4 is 5.32 Å². The van der Waals surface area contributed by atoms with E-state index in [9.17, 15) is 4.79 Å². The minimum atomic E-state index is 0.183. The molecule has 0 saturated heterocycles. The number of hydrogen-bond acceptors (Lipinski definition) is 3. The molecule has 1 aromatic heterocycles. The van der Waals surface area contributed by atoms with Gasteiger partial charge in [-0.25, -0.2) is 0 Å². The first-order chi connectivity index (χ1) is 8.21. The number of hydrogen-bond donors (Lipinski definition) is 1. The van der Waals surface area contributed by atoms with Crippen LogP contribution in [0.25, 0.3) is 0 Å². The van der Waals surface area contributed by atoms with Gasteiger partial charge in [-0.3, -0.25) is 4.79 Å². The second kappa shape index (κ2) is 7.45. The van der Waals surface area contributed by atoms with Crippen LogP contribution in [0.5, 0.6) is 0 Å². The summed E-state index contributed by atoms with van der Waals surface area (Å²) in [5.74, 6) is 0.183. The van der Waals surface area contributed by atoms with E-state index in [1.807, 2.05) is 30.1 Å². The van der Waals surface area contributed by atoms with Crippen molar-refractivity contribution in [2.75, 3.05) is 19.6 Å². The zero-order chi connectivity index (χ0) is 12.7. The molecule has 1 aromatic rings. The van der Waals surface area contributed by atoms with Crippen molar-refractivity contribution >= 4 is 17.2 Å². The SMILES string of the molecule is CCc1ccc(CNCC(=O)N(CC)CC)s1. The second-order valence-corrected chi connectivity index (χ2v) is 5.14. The summed E-state index contributed by atoms with van der Waals surface area (Å²) in [7, 11) is 0. The van der Waals surface area contributed by atoms with E-state index in [1.54, 1.807) is 0 Å². The molecule has 0 atom stereocenters. The van der Waals surface area contributed by atoms with E-state index >= 15 is 0 Å². The Labute approximate surface area is 108 Å². The normalized spacial score (nSPS) is 10.5. The number of aryl methyl sites for hydroxylation is 1. The molecule has 1 amide bonds. The number of rotatable bonds is 7. The van der Waals surface area contributed by atoms with E-state index in [0.717, 1.165) is 26.1 Å². The molecule has 0 aliphatic rings. The molecule has 0 saturated carbocycles. The lowest BCUT2D eigenvalue weighted by atomic mass is 10.3. The molecule has 1 N–H and O–H groups in total. The van der Waals surface area contributed by atoms with Crippen LogP contribution in [0.4, 0.5) is 0 Å². The van der Waals surface area contributed by atoms with Gasteiger partial charge in [0.15, 0.2) is 0 Å². The molecule has 1 heterocycles. The van der Waals surface area contributed by atoms with E-state index in [2.05, 4.69) is 24.4 Å². The van der Waals surface area contributed by atoms with Crippen LogP contribution in [-0.4, -0.2) is 30.4 Å². The largest absolute Gasteiger partial charge is 0.342 e. The summed E-state index contributed by atoms with van der Waals surface area (Å²) in [5.41, 5.74) is 0. The van der Waals surface area contributed by atoms with Crippen molar-refractivity contribution in [3.05, 3.63) is 21.9 Å². The second-order valence-electron chi connectivity index (χ2n) is 3.89. The monoisotopic (exact) mass is 254 g/mol. The van der Waals surface area contributed by atoms with Gasteiger partial charge >= 0.3 is 0 Å². The summed E-state index contributed by atoms with van der Waals surface area (Å²) in [6.45, 7) is 8.97. The third-order valence-corrected chi connectivity index (χ3v) is 3.99.